The molecule has 0 atom stereocenters. The standard InChI is InChI=1S/C14H12N2S/c1-3-12-9-14(11(2)15-10-12)16-17-13-7-5-4-6-8-13/h1,4-10,16H,2H3. The number of rotatable bonds is 3. The topological polar surface area (TPSA) is 24.9 Å². The minimum atomic E-state index is 0.784. The van der Waals surface area contributed by atoms with E-state index in [-0.39, 0.29) is 0 Å². The number of anilines is 1. The molecule has 0 aliphatic rings. The van der Waals surface area contributed by atoms with E-state index < -0.39 is 0 Å². The summed E-state index contributed by atoms with van der Waals surface area (Å²) >= 11 is 1.55. The van der Waals surface area contributed by atoms with Gasteiger partial charge < -0.3 is 4.72 Å². The highest BCUT2D eigenvalue weighted by atomic mass is 32.2. The molecule has 84 valence electrons. The van der Waals surface area contributed by atoms with Crippen LogP contribution in [0.15, 0.2) is 47.5 Å². The lowest BCUT2D eigenvalue weighted by Gasteiger charge is -2.08. The van der Waals surface area contributed by atoms with E-state index in [0.717, 1.165) is 21.8 Å². The molecule has 2 nitrogen and oxygen atoms in total. The first-order valence-electron chi connectivity index (χ1n) is 5.21. The molecule has 3 heteroatoms. The van der Waals surface area contributed by atoms with Gasteiger partial charge in [-0.15, -0.1) is 6.42 Å². The van der Waals surface area contributed by atoms with Crippen LogP contribution in [-0.4, -0.2) is 4.98 Å². The maximum absolute atomic E-state index is 5.35. The summed E-state index contributed by atoms with van der Waals surface area (Å²) in [6.45, 7) is 1.95. The number of aromatic nitrogens is 1. The van der Waals surface area contributed by atoms with E-state index in [2.05, 4.69) is 15.6 Å². The van der Waals surface area contributed by atoms with Gasteiger partial charge in [0.2, 0.25) is 0 Å². The fraction of sp³-hybridized carbons (Fsp3) is 0.0714. The van der Waals surface area contributed by atoms with E-state index in [1.54, 1.807) is 18.1 Å². The maximum Gasteiger partial charge on any atom is 0.0670 e. The van der Waals surface area contributed by atoms with Gasteiger partial charge in [0.1, 0.15) is 0 Å². The van der Waals surface area contributed by atoms with E-state index in [4.69, 9.17) is 6.42 Å². The molecule has 0 bridgehead atoms. The molecule has 0 saturated heterocycles. The molecule has 0 fully saturated rings. The number of nitrogens with one attached hydrogen (secondary N) is 1. The predicted octanol–water partition coefficient (Wildman–Crippen LogP) is 3.49. The van der Waals surface area contributed by atoms with Crippen molar-refractivity contribution in [3.05, 3.63) is 53.9 Å². The third-order valence-electron chi connectivity index (χ3n) is 2.28. The quantitative estimate of drug-likeness (QED) is 0.656. The number of aryl methyl sites for hydroxylation is 1. The largest absolute Gasteiger partial charge is 0.324 e. The summed E-state index contributed by atoms with van der Waals surface area (Å²) in [5, 5.41) is 0. The smallest absolute Gasteiger partial charge is 0.0670 e. The van der Waals surface area contributed by atoms with Gasteiger partial charge in [-0.05, 0) is 37.1 Å². The fourth-order valence-corrected chi connectivity index (χ4v) is 2.05. The number of benzene rings is 1. The molecule has 1 aromatic carbocycles. The maximum atomic E-state index is 5.35. The van der Waals surface area contributed by atoms with E-state index in [9.17, 15) is 0 Å². The van der Waals surface area contributed by atoms with Crippen molar-refractivity contribution in [3.63, 3.8) is 0 Å². The lowest BCUT2D eigenvalue weighted by Crippen LogP contribution is -1.93. The molecular formula is C14H12N2S. The lowest BCUT2D eigenvalue weighted by atomic mass is 10.2. The molecule has 0 aliphatic carbocycles. The summed E-state index contributed by atoms with van der Waals surface area (Å²) in [4.78, 5) is 5.39. The van der Waals surface area contributed by atoms with Crippen molar-refractivity contribution in [2.45, 2.75) is 11.8 Å². The molecule has 1 aromatic heterocycles. The summed E-state index contributed by atoms with van der Waals surface area (Å²) in [5.41, 5.74) is 2.67. The number of terminal acetylenes is 1. The van der Waals surface area contributed by atoms with E-state index in [1.807, 2.05) is 43.3 Å². The summed E-state index contributed by atoms with van der Waals surface area (Å²) in [6.07, 6.45) is 7.05. The molecule has 0 aliphatic heterocycles. The summed E-state index contributed by atoms with van der Waals surface area (Å²) in [7, 11) is 0. The van der Waals surface area contributed by atoms with Gasteiger partial charge in [-0.2, -0.15) is 0 Å². The van der Waals surface area contributed by atoms with Gasteiger partial charge in [0.25, 0.3) is 0 Å². The third kappa shape index (κ3) is 3.02. The molecule has 0 spiro atoms. The van der Waals surface area contributed by atoms with Crippen molar-refractivity contribution in [2.24, 2.45) is 0 Å². The van der Waals surface area contributed by atoms with Crippen LogP contribution in [0.5, 0.6) is 0 Å². The summed E-state index contributed by atoms with van der Waals surface area (Å²) < 4.78 is 3.26. The molecular weight excluding hydrogens is 228 g/mol. The zero-order chi connectivity index (χ0) is 12.1. The zero-order valence-electron chi connectivity index (χ0n) is 9.47. The number of nitrogens with zero attached hydrogens (tertiary/aromatic N) is 1. The second kappa shape index (κ2) is 5.42. The summed E-state index contributed by atoms with van der Waals surface area (Å²) in [5.74, 6) is 2.58. The van der Waals surface area contributed by atoms with Gasteiger partial charge in [-0.1, -0.05) is 24.1 Å². The Bertz CT molecular complexity index is 544. The van der Waals surface area contributed by atoms with E-state index in [1.165, 1.54) is 0 Å². The Hall–Kier alpha value is -1.92. The van der Waals surface area contributed by atoms with Gasteiger partial charge in [0.15, 0.2) is 0 Å². The van der Waals surface area contributed by atoms with Crippen LogP contribution in [0.2, 0.25) is 0 Å². The second-order valence-corrected chi connectivity index (χ2v) is 4.40. The molecule has 0 radical (unpaired) electrons. The molecule has 2 aromatic rings. The zero-order valence-corrected chi connectivity index (χ0v) is 10.3. The monoisotopic (exact) mass is 240 g/mol. The van der Waals surface area contributed by atoms with Crippen LogP contribution in [0.3, 0.4) is 0 Å². The normalized spacial score (nSPS) is 9.65. The Morgan fingerprint density at radius 3 is 2.76 bits per heavy atom. The molecule has 0 amide bonds. The van der Waals surface area contributed by atoms with Crippen molar-refractivity contribution >= 4 is 17.6 Å². The fourth-order valence-electron chi connectivity index (χ4n) is 1.32. The van der Waals surface area contributed by atoms with Crippen LogP contribution in [0.1, 0.15) is 11.3 Å². The minimum absolute atomic E-state index is 0.784. The van der Waals surface area contributed by atoms with Gasteiger partial charge in [0.05, 0.1) is 11.4 Å². The first-order chi connectivity index (χ1) is 8.29. The highest BCUT2D eigenvalue weighted by Crippen LogP contribution is 2.22. The van der Waals surface area contributed by atoms with E-state index >= 15 is 0 Å². The molecule has 1 heterocycles. The van der Waals surface area contributed by atoms with Crippen LogP contribution >= 0.6 is 11.9 Å². The van der Waals surface area contributed by atoms with Crippen molar-refractivity contribution < 1.29 is 0 Å². The van der Waals surface area contributed by atoms with Gasteiger partial charge in [0, 0.05) is 16.7 Å². The SMILES string of the molecule is C#Cc1cnc(C)c(NSc2ccccc2)c1. The van der Waals surface area contributed by atoms with Crippen molar-refractivity contribution in [1.29, 1.82) is 0 Å². The average molecular weight is 240 g/mol. The third-order valence-corrected chi connectivity index (χ3v) is 3.11. The van der Waals surface area contributed by atoms with Gasteiger partial charge in [-0.3, -0.25) is 4.98 Å². The van der Waals surface area contributed by atoms with Crippen LogP contribution < -0.4 is 4.72 Å². The predicted molar refractivity (Wildman–Crippen MR) is 72.8 cm³/mol. The molecule has 17 heavy (non-hydrogen) atoms. The number of hydrogen-bond donors (Lipinski definition) is 1. The average Bonchev–Trinajstić information content (AvgIpc) is 2.39. The highest BCUT2D eigenvalue weighted by Gasteiger charge is 2.01. The van der Waals surface area contributed by atoms with Crippen molar-refractivity contribution in [1.82, 2.24) is 4.98 Å². The Morgan fingerprint density at radius 2 is 2.06 bits per heavy atom. The number of hydrogen-bond acceptors (Lipinski definition) is 3. The summed E-state index contributed by atoms with van der Waals surface area (Å²) in [6, 6.07) is 12.0. The molecule has 1 N–H and O–H groups in total. The minimum Gasteiger partial charge on any atom is -0.324 e. The van der Waals surface area contributed by atoms with Crippen LogP contribution in [0.4, 0.5) is 5.69 Å². The van der Waals surface area contributed by atoms with Crippen LogP contribution in [-0.2, 0) is 0 Å². The van der Waals surface area contributed by atoms with Crippen molar-refractivity contribution in [3.8, 4) is 12.3 Å². The van der Waals surface area contributed by atoms with Gasteiger partial charge >= 0.3 is 0 Å². The van der Waals surface area contributed by atoms with E-state index in [0.29, 0.717) is 0 Å². The first-order valence-corrected chi connectivity index (χ1v) is 6.02. The molecule has 0 unspecified atom stereocenters. The van der Waals surface area contributed by atoms with Crippen molar-refractivity contribution in [2.75, 3.05) is 4.72 Å². The Kier molecular flexibility index (Phi) is 3.69. The Balaban J connectivity index is 2.12. The molecule has 0 saturated carbocycles. The first kappa shape index (κ1) is 11.6. The lowest BCUT2D eigenvalue weighted by molar-refractivity contribution is 1.20. The highest BCUT2D eigenvalue weighted by molar-refractivity contribution is 8.00. The van der Waals surface area contributed by atoms with Gasteiger partial charge in [-0.25, -0.2) is 0 Å². The Labute approximate surface area is 106 Å². The van der Waals surface area contributed by atoms with Crippen LogP contribution in [0.25, 0.3) is 0 Å². The molecule has 2 rings (SSSR count). The second-order valence-electron chi connectivity index (χ2n) is 3.52. The van der Waals surface area contributed by atoms with Crippen LogP contribution in [0, 0.1) is 19.3 Å². The Morgan fingerprint density at radius 1 is 1.29 bits per heavy atom. The number of pyridine rings is 1.